The fourth-order valence-corrected chi connectivity index (χ4v) is 9.69. The number of hydrogen-bond acceptors (Lipinski definition) is 8. The van der Waals surface area contributed by atoms with Crippen LogP contribution in [0.1, 0.15) is 78.6 Å². The van der Waals surface area contributed by atoms with E-state index in [1.165, 1.54) is 6.42 Å². The van der Waals surface area contributed by atoms with Crippen LogP contribution in [0.5, 0.6) is 0 Å². The van der Waals surface area contributed by atoms with Gasteiger partial charge in [0.2, 0.25) is 5.78 Å². The molecule has 3 N–H and O–H groups in total. The number of ether oxygens (including phenoxy) is 3. The van der Waals surface area contributed by atoms with E-state index in [0.29, 0.717) is 12.8 Å². The van der Waals surface area contributed by atoms with Crippen LogP contribution in [0.2, 0.25) is 0 Å². The van der Waals surface area contributed by atoms with Crippen LogP contribution in [0.4, 0.5) is 0 Å². The summed E-state index contributed by atoms with van der Waals surface area (Å²) in [7, 11) is 0. The molecule has 5 fully saturated rings. The fraction of sp³-hybridized carbons (Fsp3) is 0.781. The van der Waals surface area contributed by atoms with Crippen LogP contribution >= 0.6 is 0 Å². The lowest BCUT2D eigenvalue weighted by atomic mass is 9.46. The minimum Gasteiger partial charge on any atom is -0.457 e. The number of carbonyl (C=O) groups is 3. The number of fused-ring (bicyclic) bond motifs is 7. The van der Waals surface area contributed by atoms with Crippen LogP contribution in [-0.2, 0) is 28.6 Å². The van der Waals surface area contributed by atoms with Crippen molar-refractivity contribution in [3.05, 3.63) is 23.8 Å². The average molecular weight is 556 g/mol. The smallest absolute Gasteiger partial charge is 0.310 e. The molecule has 0 bridgehead atoms. The van der Waals surface area contributed by atoms with E-state index in [-0.39, 0.29) is 48.4 Å². The highest BCUT2D eigenvalue weighted by Crippen LogP contribution is 2.70. The quantitative estimate of drug-likeness (QED) is 0.476. The van der Waals surface area contributed by atoms with E-state index < -0.39 is 46.8 Å². The maximum Gasteiger partial charge on any atom is 0.310 e. The molecule has 0 radical (unpaired) electrons. The van der Waals surface area contributed by atoms with Crippen molar-refractivity contribution < 1.29 is 33.7 Å². The first-order valence-corrected chi connectivity index (χ1v) is 15.4. The number of rotatable bonds is 6. The van der Waals surface area contributed by atoms with Crippen molar-refractivity contribution in [3.63, 3.8) is 0 Å². The van der Waals surface area contributed by atoms with Gasteiger partial charge in [0.05, 0.1) is 18.1 Å². The zero-order chi connectivity index (χ0) is 28.4. The fourth-order valence-electron chi connectivity index (χ4n) is 9.69. The summed E-state index contributed by atoms with van der Waals surface area (Å²) in [5, 5.41) is 11.9. The summed E-state index contributed by atoms with van der Waals surface area (Å²) in [5.41, 5.74) is 4.38. The first-order chi connectivity index (χ1) is 19.0. The number of aliphatic hydroxyl groups is 1. The van der Waals surface area contributed by atoms with Crippen molar-refractivity contribution in [2.45, 2.75) is 103 Å². The van der Waals surface area contributed by atoms with Gasteiger partial charge in [-0.3, -0.25) is 14.4 Å². The predicted molar refractivity (Wildman–Crippen MR) is 147 cm³/mol. The molecule has 10 atom stereocenters. The van der Waals surface area contributed by atoms with Crippen molar-refractivity contribution in [2.75, 3.05) is 13.2 Å². The molecule has 0 aromatic rings. The van der Waals surface area contributed by atoms with Gasteiger partial charge in [-0.15, -0.1) is 0 Å². The maximum absolute atomic E-state index is 14.3. The normalized spacial score (nSPS) is 45.1. The van der Waals surface area contributed by atoms with Crippen molar-refractivity contribution in [1.82, 2.24) is 0 Å². The van der Waals surface area contributed by atoms with Gasteiger partial charge in [-0.25, -0.2) is 0 Å². The number of nitrogens with two attached hydrogens (primary N) is 1. The van der Waals surface area contributed by atoms with E-state index >= 15 is 0 Å². The van der Waals surface area contributed by atoms with Gasteiger partial charge in [-0.1, -0.05) is 51.7 Å². The zero-order valence-electron chi connectivity index (χ0n) is 24.1. The largest absolute Gasteiger partial charge is 0.457 e. The molecule has 0 spiro atoms. The SMILES string of the molecule is CC(CN)C(=O)OCC(=O)[C@@]12O[C@H](C3CCCCC3)O[C@@H]1C[C@H]1[C@@H]3CCC4=CC(=O)C=C[C@]4(C)[C@H]3[C@@H](O)C[C@@]12C. The Bertz CT molecular complexity index is 1130. The summed E-state index contributed by atoms with van der Waals surface area (Å²) in [6.45, 7) is 5.69. The predicted octanol–water partition coefficient (Wildman–Crippen LogP) is 3.64. The molecule has 40 heavy (non-hydrogen) atoms. The summed E-state index contributed by atoms with van der Waals surface area (Å²) in [4.78, 5) is 39.0. The number of Topliss-reactive ketones (excluding diaryl/α,β-unsaturated/α-hetero) is 1. The number of carbonyl (C=O) groups excluding carboxylic acids is 3. The Morgan fingerprint density at radius 1 is 1.20 bits per heavy atom. The molecular weight excluding hydrogens is 510 g/mol. The van der Waals surface area contributed by atoms with Crippen molar-refractivity contribution in [1.29, 1.82) is 0 Å². The third-order valence-corrected chi connectivity index (χ3v) is 11.8. The van der Waals surface area contributed by atoms with Gasteiger partial charge in [0.25, 0.3) is 0 Å². The molecule has 1 saturated heterocycles. The van der Waals surface area contributed by atoms with E-state index in [1.807, 2.05) is 6.08 Å². The number of esters is 1. The second kappa shape index (κ2) is 10.1. The monoisotopic (exact) mass is 555 g/mol. The highest BCUT2D eigenvalue weighted by atomic mass is 16.7. The molecule has 1 heterocycles. The summed E-state index contributed by atoms with van der Waals surface area (Å²) < 4.78 is 19.1. The Hall–Kier alpha value is -1.87. The molecule has 6 aliphatic rings. The lowest BCUT2D eigenvalue weighted by Crippen LogP contribution is -2.63. The summed E-state index contributed by atoms with van der Waals surface area (Å²) in [5.74, 6) is -0.842. The van der Waals surface area contributed by atoms with Crippen LogP contribution < -0.4 is 5.73 Å². The Kier molecular flexibility index (Phi) is 7.17. The number of ketones is 2. The summed E-state index contributed by atoms with van der Waals surface area (Å²) in [6.07, 6.45) is 12.0. The molecule has 8 nitrogen and oxygen atoms in total. The van der Waals surface area contributed by atoms with E-state index in [1.54, 1.807) is 19.1 Å². The van der Waals surface area contributed by atoms with Gasteiger partial charge in [0.1, 0.15) is 0 Å². The molecule has 4 saturated carbocycles. The Balaban J connectivity index is 1.34. The van der Waals surface area contributed by atoms with Crippen molar-refractivity contribution in [2.24, 2.45) is 46.2 Å². The van der Waals surface area contributed by atoms with Gasteiger partial charge < -0.3 is 25.1 Å². The molecule has 1 unspecified atom stereocenters. The van der Waals surface area contributed by atoms with E-state index in [4.69, 9.17) is 19.9 Å². The number of allylic oxidation sites excluding steroid dienone is 4. The third-order valence-electron chi connectivity index (χ3n) is 11.8. The van der Waals surface area contributed by atoms with Crippen LogP contribution in [0.25, 0.3) is 0 Å². The summed E-state index contributed by atoms with van der Waals surface area (Å²) >= 11 is 0. The Morgan fingerprint density at radius 2 is 1.95 bits per heavy atom. The van der Waals surface area contributed by atoms with Crippen LogP contribution in [0.15, 0.2) is 23.8 Å². The Labute approximate surface area is 237 Å². The standard InChI is InChI=1S/C32H45NO7/c1-18(16-33)28(37)38-17-25(36)32-26(39-29(40-32)19-7-5-4-6-8-19)14-23-22-10-9-20-13-21(34)11-12-30(20,2)27(22)24(35)15-31(23,32)3/h11-13,18-19,22-24,26-27,29,35H,4-10,14-17,33H2,1-3H3/t18?,22-,23-,24-,26+,27+,29+,30-,31-,32+/m0/s1. The number of hydrogen-bond donors (Lipinski definition) is 2. The molecule has 6 rings (SSSR count). The van der Waals surface area contributed by atoms with Gasteiger partial charge in [0.15, 0.2) is 24.3 Å². The van der Waals surface area contributed by atoms with Crippen LogP contribution in [0, 0.1) is 40.4 Å². The van der Waals surface area contributed by atoms with Gasteiger partial charge in [-0.05, 0) is 62.5 Å². The van der Waals surface area contributed by atoms with Crippen LogP contribution in [-0.4, -0.2) is 59.9 Å². The molecule has 8 heteroatoms. The molecule has 220 valence electrons. The van der Waals surface area contributed by atoms with Crippen molar-refractivity contribution >= 4 is 17.5 Å². The maximum atomic E-state index is 14.3. The second-order valence-electron chi connectivity index (χ2n) is 13.9. The lowest BCUT2D eigenvalue weighted by molar-refractivity contribution is -0.210. The molecule has 0 aromatic heterocycles. The zero-order valence-corrected chi connectivity index (χ0v) is 24.1. The first-order valence-electron chi connectivity index (χ1n) is 15.4. The van der Waals surface area contributed by atoms with E-state index in [9.17, 15) is 19.5 Å². The van der Waals surface area contributed by atoms with Gasteiger partial charge >= 0.3 is 5.97 Å². The molecule has 0 aromatic carbocycles. The van der Waals surface area contributed by atoms with Gasteiger partial charge in [-0.2, -0.15) is 0 Å². The first kappa shape index (κ1) is 28.3. The highest BCUT2D eigenvalue weighted by molar-refractivity contribution is 6.01. The minimum atomic E-state index is -1.28. The number of aliphatic hydroxyl groups excluding tert-OH is 1. The topological polar surface area (TPSA) is 125 Å². The van der Waals surface area contributed by atoms with Crippen molar-refractivity contribution in [3.8, 4) is 0 Å². The molecule has 0 amide bonds. The third kappa shape index (κ3) is 4.03. The second-order valence-corrected chi connectivity index (χ2v) is 13.9. The highest BCUT2D eigenvalue weighted by Gasteiger charge is 2.76. The van der Waals surface area contributed by atoms with E-state index in [0.717, 1.165) is 44.1 Å². The van der Waals surface area contributed by atoms with Gasteiger partial charge in [0, 0.05) is 29.2 Å². The average Bonchev–Trinajstić information content (AvgIpc) is 3.45. The summed E-state index contributed by atoms with van der Waals surface area (Å²) in [6, 6.07) is 0. The molecular formula is C32H45NO7. The van der Waals surface area contributed by atoms with E-state index in [2.05, 4.69) is 13.8 Å². The lowest BCUT2D eigenvalue weighted by Gasteiger charge is -2.59. The Morgan fingerprint density at radius 3 is 2.67 bits per heavy atom. The molecule has 1 aliphatic heterocycles. The minimum absolute atomic E-state index is 0.00932. The van der Waals surface area contributed by atoms with Crippen LogP contribution in [0.3, 0.4) is 0 Å². The molecule has 5 aliphatic carbocycles.